The second-order valence-corrected chi connectivity index (χ2v) is 2.60. The summed E-state index contributed by atoms with van der Waals surface area (Å²) in [5.41, 5.74) is 1.16. The number of hydrogen-bond donors (Lipinski definition) is 0. The Morgan fingerprint density at radius 3 is 2.38 bits per heavy atom. The van der Waals surface area contributed by atoms with Crippen LogP contribution in [0.2, 0.25) is 0 Å². The first-order valence-corrected chi connectivity index (χ1v) is 5.39. The molecule has 2 nitrogen and oxygen atoms in total. The maximum Gasteiger partial charge on any atom is 0.109 e. The van der Waals surface area contributed by atoms with Crippen molar-refractivity contribution in [2.45, 2.75) is 54.0 Å². The quantitative estimate of drug-likeness (QED) is 0.602. The summed E-state index contributed by atoms with van der Waals surface area (Å²) in [6.07, 6.45) is 4.58. The summed E-state index contributed by atoms with van der Waals surface area (Å²) in [5, 5.41) is 0. The summed E-state index contributed by atoms with van der Waals surface area (Å²) in [7, 11) is 0. The Bertz CT molecular complexity index is 204. The van der Waals surface area contributed by atoms with E-state index in [0.717, 1.165) is 5.69 Å². The molecular formula is C11H22N2. The Balaban J connectivity index is 0.000000322. The Hall–Kier alpha value is -0.790. The van der Waals surface area contributed by atoms with Crippen LogP contribution >= 0.6 is 0 Å². The van der Waals surface area contributed by atoms with E-state index in [4.69, 9.17) is 0 Å². The second-order valence-electron chi connectivity index (χ2n) is 2.60. The summed E-state index contributed by atoms with van der Waals surface area (Å²) < 4.78 is 2.25. The van der Waals surface area contributed by atoms with E-state index in [1.54, 1.807) is 0 Å². The zero-order valence-electron chi connectivity index (χ0n) is 9.59. The predicted octanol–water partition coefficient (Wildman–Crippen LogP) is 3.19. The third-order valence-electron chi connectivity index (χ3n) is 1.78. The molecule has 0 radical (unpaired) electrons. The van der Waals surface area contributed by atoms with Gasteiger partial charge in [0.15, 0.2) is 0 Å². The molecule has 2 heterocycles. The number of hydrogen-bond acceptors (Lipinski definition) is 1. The fraction of sp³-hybridized carbons (Fsp3) is 0.727. The Labute approximate surface area is 82.0 Å². The lowest BCUT2D eigenvalue weighted by atomic mass is 10.4. The van der Waals surface area contributed by atoms with E-state index < -0.39 is 0 Å². The smallest absolute Gasteiger partial charge is 0.109 e. The van der Waals surface area contributed by atoms with Crippen molar-refractivity contribution in [3.8, 4) is 0 Å². The highest BCUT2D eigenvalue weighted by atomic mass is 15.1. The normalized spacial score (nSPS) is 12.1. The largest absolute Gasteiger partial charge is 0.335 e. The Morgan fingerprint density at radius 1 is 1.23 bits per heavy atom. The first-order chi connectivity index (χ1) is 6.36. The van der Waals surface area contributed by atoms with Crippen LogP contribution in [0.5, 0.6) is 0 Å². The van der Waals surface area contributed by atoms with Crippen molar-refractivity contribution >= 4 is 0 Å². The average Bonchev–Trinajstić information content (AvgIpc) is 2.71. The van der Waals surface area contributed by atoms with Crippen LogP contribution in [-0.2, 0) is 13.0 Å². The molecule has 1 aliphatic heterocycles. The van der Waals surface area contributed by atoms with Gasteiger partial charge in [-0.1, -0.05) is 27.7 Å². The van der Waals surface area contributed by atoms with Crippen molar-refractivity contribution in [3.05, 3.63) is 17.7 Å². The van der Waals surface area contributed by atoms with Gasteiger partial charge < -0.3 is 4.57 Å². The van der Waals surface area contributed by atoms with Crippen LogP contribution in [0.1, 0.15) is 45.6 Å². The van der Waals surface area contributed by atoms with E-state index in [1.807, 2.05) is 34.6 Å². The van der Waals surface area contributed by atoms with E-state index >= 15 is 0 Å². The molecular weight excluding hydrogens is 160 g/mol. The molecule has 0 atom stereocenters. The molecule has 0 saturated carbocycles. The highest BCUT2D eigenvalue weighted by Crippen LogP contribution is 2.12. The van der Waals surface area contributed by atoms with Crippen LogP contribution in [0, 0.1) is 6.92 Å². The van der Waals surface area contributed by atoms with Gasteiger partial charge in [0.1, 0.15) is 5.82 Å². The maximum absolute atomic E-state index is 4.35. The van der Waals surface area contributed by atoms with Crippen LogP contribution in [0.4, 0.5) is 0 Å². The standard InChI is InChI=1S/C7H10N2.2C2H6/c1-6-5-9-4-2-3-7(9)8-6;2*1-2/h5H,2-4H2,1H3;2*1-2H3. The lowest BCUT2D eigenvalue weighted by Crippen LogP contribution is -1.87. The molecule has 76 valence electrons. The zero-order valence-corrected chi connectivity index (χ0v) is 9.59. The van der Waals surface area contributed by atoms with Gasteiger partial charge in [-0.15, -0.1) is 0 Å². The van der Waals surface area contributed by atoms with Gasteiger partial charge in [-0.2, -0.15) is 0 Å². The molecule has 0 spiro atoms. The van der Waals surface area contributed by atoms with Gasteiger partial charge in [-0.05, 0) is 13.3 Å². The summed E-state index contributed by atoms with van der Waals surface area (Å²) in [5.74, 6) is 1.27. The van der Waals surface area contributed by atoms with E-state index in [0.29, 0.717) is 0 Å². The fourth-order valence-corrected chi connectivity index (χ4v) is 1.40. The number of aromatic nitrogens is 2. The van der Waals surface area contributed by atoms with Gasteiger partial charge in [0.2, 0.25) is 0 Å². The first-order valence-electron chi connectivity index (χ1n) is 5.39. The van der Waals surface area contributed by atoms with E-state index in [2.05, 4.69) is 15.7 Å². The van der Waals surface area contributed by atoms with E-state index in [1.165, 1.54) is 25.2 Å². The van der Waals surface area contributed by atoms with Crippen molar-refractivity contribution < 1.29 is 0 Å². The third-order valence-corrected chi connectivity index (χ3v) is 1.78. The number of rotatable bonds is 0. The Morgan fingerprint density at radius 2 is 1.85 bits per heavy atom. The predicted molar refractivity (Wildman–Crippen MR) is 58.0 cm³/mol. The minimum atomic E-state index is 1.16. The summed E-state index contributed by atoms with van der Waals surface area (Å²) in [6.45, 7) is 11.2. The minimum Gasteiger partial charge on any atom is -0.335 e. The SMILES string of the molecule is CC.CC.Cc1cn2c(n1)CCC2. The Kier molecular flexibility index (Phi) is 6.29. The number of nitrogens with zero attached hydrogens (tertiary/aromatic N) is 2. The molecule has 2 heteroatoms. The molecule has 0 amide bonds. The molecule has 2 rings (SSSR count). The molecule has 0 unspecified atom stereocenters. The van der Waals surface area contributed by atoms with Crippen molar-refractivity contribution in [1.82, 2.24) is 9.55 Å². The highest BCUT2D eigenvalue weighted by Gasteiger charge is 2.10. The second kappa shape index (κ2) is 6.70. The molecule has 0 aliphatic carbocycles. The fourth-order valence-electron chi connectivity index (χ4n) is 1.40. The van der Waals surface area contributed by atoms with Crippen LogP contribution < -0.4 is 0 Å². The van der Waals surface area contributed by atoms with Gasteiger partial charge in [0, 0.05) is 19.2 Å². The molecule has 0 fully saturated rings. The van der Waals surface area contributed by atoms with Crippen molar-refractivity contribution in [1.29, 1.82) is 0 Å². The van der Waals surface area contributed by atoms with Gasteiger partial charge in [-0.3, -0.25) is 0 Å². The van der Waals surface area contributed by atoms with Crippen molar-refractivity contribution in [3.63, 3.8) is 0 Å². The number of imidazole rings is 1. The van der Waals surface area contributed by atoms with Crippen molar-refractivity contribution in [2.75, 3.05) is 0 Å². The number of fused-ring (bicyclic) bond motifs is 1. The van der Waals surface area contributed by atoms with Crippen LogP contribution in [0.3, 0.4) is 0 Å². The monoisotopic (exact) mass is 182 g/mol. The molecule has 1 aromatic rings. The minimum absolute atomic E-state index is 1.16. The molecule has 1 aliphatic rings. The molecule has 1 aromatic heterocycles. The third kappa shape index (κ3) is 3.21. The average molecular weight is 182 g/mol. The van der Waals surface area contributed by atoms with E-state index in [9.17, 15) is 0 Å². The zero-order chi connectivity index (χ0) is 10.3. The first kappa shape index (κ1) is 12.2. The van der Waals surface area contributed by atoms with Crippen LogP contribution in [0.15, 0.2) is 6.20 Å². The molecule has 0 saturated heterocycles. The topological polar surface area (TPSA) is 17.8 Å². The lowest BCUT2D eigenvalue weighted by molar-refractivity contribution is 0.748. The molecule has 0 N–H and O–H groups in total. The molecule has 13 heavy (non-hydrogen) atoms. The van der Waals surface area contributed by atoms with Gasteiger partial charge in [-0.25, -0.2) is 4.98 Å². The number of aryl methyl sites for hydroxylation is 3. The van der Waals surface area contributed by atoms with Gasteiger partial charge in [0.25, 0.3) is 0 Å². The van der Waals surface area contributed by atoms with Gasteiger partial charge >= 0.3 is 0 Å². The molecule has 0 aromatic carbocycles. The van der Waals surface area contributed by atoms with Gasteiger partial charge in [0.05, 0.1) is 5.69 Å². The molecule has 0 bridgehead atoms. The summed E-state index contributed by atoms with van der Waals surface area (Å²) in [4.78, 5) is 4.35. The summed E-state index contributed by atoms with van der Waals surface area (Å²) >= 11 is 0. The lowest BCUT2D eigenvalue weighted by Gasteiger charge is -1.88. The van der Waals surface area contributed by atoms with Crippen LogP contribution in [0.25, 0.3) is 0 Å². The highest BCUT2D eigenvalue weighted by molar-refractivity contribution is 5.04. The van der Waals surface area contributed by atoms with E-state index in [-0.39, 0.29) is 0 Å². The summed E-state index contributed by atoms with van der Waals surface area (Å²) in [6, 6.07) is 0. The van der Waals surface area contributed by atoms with Crippen LogP contribution in [-0.4, -0.2) is 9.55 Å². The van der Waals surface area contributed by atoms with Crippen molar-refractivity contribution in [2.24, 2.45) is 0 Å². The maximum atomic E-state index is 4.35.